The van der Waals surface area contributed by atoms with Gasteiger partial charge in [0.25, 0.3) is 11.5 Å². The second-order valence-corrected chi connectivity index (χ2v) is 6.79. The molecule has 2 rings (SSSR count). The second-order valence-electron chi connectivity index (χ2n) is 6.79. The van der Waals surface area contributed by atoms with Gasteiger partial charge in [-0.15, -0.1) is 0 Å². The van der Waals surface area contributed by atoms with Gasteiger partial charge >= 0.3 is 5.97 Å². The number of H-pyrrole nitrogens is 1. The van der Waals surface area contributed by atoms with E-state index in [4.69, 9.17) is 9.84 Å². The monoisotopic (exact) mass is 359 g/mol. The molecule has 0 unspecified atom stereocenters. The van der Waals surface area contributed by atoms with Gasteiger partial charge in [0, 0.05) is 17.2 Å². The quantitative estimate of drug-likeness (QED) is 0.751. The first-order valence-corrected chi connectivity index (χ1v) is 7.95. The number of hydrogen-bond acceptors (Lipinski definition) is 5. The van der Waals surface area contributed by atoms with Crippen molar-refractivity contribution in [3.05, 3.63) is 51.7 Å². The maximum absolute atomic E-state index is 12.5. The van der Waals surface area contributed by atoms with Crippen LogP contribution in [0.1, 0.15) is 42.6 Å². The predicted molar refractivity (Wildman–Crippen MR) is 95.8 cm³/mol. The number of aryl methyl sites for hydroxylation is 1. The van der Waals surface area contributed by atoms with E-state index >= 15 is 0 Å². The number of amides is 1. The fraction of sp³-hybridized carbons (Fsp3) is 0.333. The van der Waals surface area contributed by atoms with Crippen LogP contribution in [0.4, 0.5) is 5.69 Å². The number of rotatable bonds is 5. The molecule has 2 aromatic rings. The molecule has 0 radical (unpaired) electrons. The Kier molecular flexibility index (Phi) is 5.44. The molecule has 3 N–H and O–H groups in total. The number of carbonyl (C=O) groups is 2. The van der Waals surface area contributed by atoms with E-state index in [-0.39, 0.29) is 16.7 Å². The van der Waals surface area contributed by atoms with E-state index in [1.165, 1.54) is 6.07 Å². The van der Waals surface area contributed by atoms with Gasteiger partial charge in [-0.25, -0.2) is 9.78 Å². The zero-order valence-corrected chi connectivity index (χ0v) is 15.0. The van der Waals surface area contributed by atoms with Crippen LogP contribution in [0.25, 0.3) is 0 Å². The van der Waals surface area contributed by atoms with Crippen LogP contribution in [0, 0.1) is 6.92 Å². The Labute approximate surface area is 150 Å². The molecule has 0 saturated carbocycles. The maximum Gasteiger partial charge on any atom is 0.341 e. The summed E-state index contributed by atoms with van der Waals surface area (Å²) in [5, 5.41) is 11.2. The van der Waals surface area contributed by atoms with Crippen molar-refractivity contribution in [3.63, 3.8) is 0 Å². The zero-order chi connectivity index (χ0) is 19.5. The summed E-state index contributed by atoms with van der Waals surface area (Å²) in [6.45, 7) is 6.84. The number of carboxylic acids is 1. The van der Waals surface area contributed by atoms with E-state index in [1.54, 1.807) is 25.1 Å². The third kappa shape index (κ3) is 4.69. The van der Waals surface area contributed by atoms with Crippen molar-refractivity contribution in [2.75, 3.05) is 11.9 Å². The van der Waals surface area contributed by atoms with Crippen LogP contribution in [-0.4, -0.2) is 33.6 Å². The first kappa shape index (κ1) is 19.2. The SMILES string of the molecule is Cc1nc(C(C)(C)C)[nH]c(=O)c1C(=O)Nc1cccc(OCC(=O)O)c1. The molecule has 1 amide bonds. The molecule has 0 fully saturated rings. The van der Waals surface area contributed by atoms with Gasteiger partial charge in [0.2, 0.25) is 0 Å². The largest absolute Gasteiger partial charge is 0.482 e. The molecule has 0 spiro atoms. The molecule has 8 nitrogen and oxygen atoms in total. The lowest BCUT2D eigenvalue weighted by molar-refractivity contribution is -0.139. The number of ether oxygens (including phenoxy) is 1. The van der Waals surface area contributed by atoms with E-state index in [0.717, 1.165) is 0 Å². The van der Waals surface area contributed by atoms with Gasteiger partial charge < -0.3 is 20.1 Å². The molecular weight excluding hydrogens is 338 g/mol. The molecule has 1 heterocycles. The highest BCUT2D eigenvalue weighted by molar-refractivity contribution is 6.04. The summed E-state index contributed by atoms with van der Waals surface area (Å²) in [6.07, 6.45) is 0. The van der Waals surface area contributed by atoms with Gasteiger partial charge in [-0.05, 0) is 19.1 Å². The zero-order valence-electron chi connectivity index (χ0n) is 15.0. The van der Waals surface area contributed by atoms with Gasteiger partial charge in [0.15, 0.2) is 6.61 Å². The van der Waals surface area contributed by atoms with Gasteiger partial charge in [-0.1, -0.05) is 26.8 Å². The highest BCUT2D eigenvalue weighted by Crippen LogP contribution is 2.19. The average molecular weight is 359 g/mol. The maximum atomic E-state index is 12.5. The number of anilines is 1. The summed E-state index contributed by atoms with van der Waals surface area (Å²) >= 11 is 0. The molecule has 0 atom stereocenters. The van der Waals surface area contributed by atoms with Gasteiger partial charge in [0.05, 0.1) is 5.69 Å². The third-order valence-electron chi connectivity index (χ3n) is 3.49. The predicted octanol–water partition coefficient (Wildman–Crippen LogP) is 2.09. The fourth-order valence-corrected chi connectivity index (χ4v) is 2.21. The molecule has 1 aromatic carbocycles. The van der Waals surface area contributed by atoms with Gasteiger partial charge in [-0.2, -0.15) is 0 Å². The number of nitrogens with zero attached hydrogens (tertiary/aromatic N) is 1. The third-order valence-corrected chi connectivity index (χ3v) is 3.49. The molecule has 0 saturated heterocycles. The van der Waals surface area contributed by atoms with E-state index in [9.17, 15) is 14.4 Å². The fourth-order valence-electron chi connectivity index (χ4n) is 2.21. The number of aliphatic carboxylic acids is 1. The average Bonchev–Trinajstić information content (AvgIpc) is 2.51. The van der Waals surface area contributed by atoms with Crippen molar-refractivity contribution < 1.29 is 19.4 Å². The van der Waals surface area contributed by atoms with Crippen LogP contribution in [-0.2, 0) is 10.2 Å². The van der Waals surface area contributed by atoms with Crippen molar-refractivity contribution >= 4 is 17.6 Å². The van der Waals surface area contributed by atoms with Crippen molar-refractivity contribution in [2.45, 2.75) is 33.1 Å². The minimum Gasteiger partial charge on any atom is -0.482 e. The van der Waals surface area contributed by atoms with Crippen molar-refractivity contribution in [2.24, 2.45) is 0 Å². The first-order valence-electron chi connectivity index (χ1n) is 7.95. The number of carboxylic acid groups (broad SMARTS) is 1. The summed E-state index contributed by atoms with van der Waals surface area (Å²) in [5.74, 6) is -0.920. The Hall–Kier alpha value is -3.16. The minimum absolute atomic E-state index is 0.0742. The molecule has 0 aliphatic rings. The van der Waals surface area contributed by atoms with E-state index in [0.29, 0.717) is 17.2 Å². The summed E-state index contributed by atoms with van der Waals surface area (Å²) < 4.78 is 5.06. The summed E-state index contributed by atoms with van der Waals surface area (Å²) in [7, 11) is 0. The standard InChI is InChI=1S/C18H21N3O5/c1-10-14(16(25)21-17(19-10)18(2,3)4)15(24)20-11-6-5-7-12(8-11)26-9-13(22)23/h5-8H,9H2,1-4H3,(H,20,24)(H,22,23)(H,19,21,25). The number of hydrogen-bond donors (Lipinski definition) is 3. The van der Waals surface area contributed by atoms with E-state index in [1.807, 2.05) is 20.8 Å². The van der Waals surface area contributed by atoms with E-state index in [2.05, 4.69) is 15.3 Å². The van der Waals surface area contributed by atoms with Crippen molar-refractivity contribution in [1.82, 2.24) is 9.97 Å². The Balaban J connectivity index is 2.24. The number of carbonyl (C=O) groups excluding carboxylic acids is 1. The van der Waals surface area contributed by atoms with Crippen LogP contribution >= 0.6 is 0 Å². The first-order chi connectivity index (χ1) is 12.1. The van der Waals surface area contributed by atoms with Crippen LogP contribution in [0.5, 0.6) is 5.75 Å². The molecule has 0 aliphatic carbocycles. The molecule has 138 valence electrons. The second kappa shape index (κ2) is 7.38. The molecular formula is C18H21N3O5. The molecule has 0 bridgehead atoms. The number of aromatic amines is 1. The summed E-state index contributed by atoms with van der Waals surface area (Å²) in [6, 6.07) is 6.24. The summed E-state index contributed by atoms with van der Waals surface area (Å²) in [5.41, 5.74) is -0.242. The molecule has 1 aromatic heterocycles. The molecule has 0 aliphatic heterocycles. The van der Waals surface area contributed by atoms with Gasteiger partial charge in [0.1, 0.15) is 17.1 Å². The van der Waals surface area contributed by atoms with Crippen LogP contribution in [0.3, 0.4) is 0 Å². The van der Waals surface area contributed by atoms with Crippen molar-refractivity contribution in [1.29, 1.82) is 0 Å². The van der Waals surface area contributed by atoms with Crippen LogP contribution in [0.2, 0.25) is 0 Å². The molecule has 8 heteroatoms. The van der Waals surface area contributed by atoms with Crippen LogP contribution < -0.4 is 15.6 Å². The number of nitrogens with one attached hydrogen (secondary N) is 2. The molecule has 26 heavy (non-hydrogen) atoms. The Morgan fingerprint density at radius 1 is 1.31 bits per heavy atom. The minimum atomic E-state index is -1.10. The number of aromatic nitrogens is 2. The van der Waals surface area contributed by atoms with Crippen molar-refractivity contribution in [3.8, 4) is 5.75 Å². The summed E-state index contributed by atoms with van der Waals surface area (Å²) in [4.78, 5) is 42.4. The number of benzene rings is 1. The lowest BCUT2D eigenvalue weighted by Crippen LogP contribution is -2.30. The highest BCUT2D eigenvalue weighted by Gasteiger charge is 2.22. The topological polar surface area (TPSA) is 121 Å². The Bertz CT molecular complexity index is 896. The lowest BCUT2D eigenvalue weighted by atomic mass is 9.95. The lowest BCUT2D eigenvalue weighted by Gasteiger charge is -2.18. The van der Waals surface area contributed by atoms with E-state index < -0.39 is 24.0 Å². The Morgan fingerprint density at radius 2 is 2.00 bits per heavy atom. The van der Waals surface area contributed by atoms with Gasteiger partial charge in [-0.3, -0.25) is 9.59 Å². The normalized spacial score (nSPS) is 11.1. The van der Waals surface area contributed by atoms with Crippen LogP contribution in [0.15, 0.2) is 29.1 Å². The Morgan fingerprint density at radius 3 is 2.58 bits per heavy atom. The smallest absolute Gasteiger partial charge is 0.341 e. The highest BCUT2D eigenvalue weighted by atomic mass is 16.5.